The molecule has 27 heavy (non-hydrogen) atoms. The van der Waals surface area contributed by atoms with Crippen molar-refractivity contribution in [2.75, 3.05) is 11.9 Å². The van der Waals surface area contributed by atoms with Crippen molar-refractivity contribution in [3.63, 3.8) is 0 Å². The van der Waals surface area contributed by atoms with Crippen LogP contribution < -0.4 is 5.32 Å². The van der Waals surface area contributed by atoms with Crippen LogP contribution in [0.4, 0.5) is 5.69 Å². The highest BCUT2D eigenvalue weighted by Crippen LogP contribution is 2.34. The molecule has 0 saturated heterocycles. The molecule has 0 unspecified atom stereocenters. The van der Waals surface area contributed by atoms with E-state index in [-0.39, 0.29) is 30.1 Å². The van der Waals surface area contributed by atoms with Gasteiger partial charge in [-0.2, -0.15) is 0 Å². The number of fused-ring (bicyclic) bond motifs is 1. The summed E-state index contributed by atoms with van der Waals surface area (Å²) in [6, 6.07) is 14.6. The summed E-state index contributed by atoms with van der Waals surface area (Å²) in [5.74, 6) is -1.63. The zero-order valence-electron chi connectivity index (χ0n) is 15.7. The Balaban J connectivity index is 1.56. The van der Waals surface area contributed by atoms with Gasteiger partial charge in [0.15, 0.2) is 12.4 Å². The van der Waals surface area contributed by atoms with Crippen molar-refractivity contribution in [3.05, 3.63) is 65.2 Å². The van der Waals surface area contributed by atoms with Crippen LogP contribution in [-0.4, -0.2) is 24.3 Å². The molecule has 0 saturated carbocycles. The summed E-state index contributed by atoms with van der Waals surface area (Å²) >= 11 is 0. The lowest BCUT2D eigenvalue weighted by atomic mass is 9.86. The van der Waals surface area contributed by atoms with E-state index in [4.69, 9.17) is 4.74 Å². The van der Waals surface area contributed by atoms with Gasteiger partial charge in [0.05, 0.1) is 12.3 Å². The summed E-state index contributed by atoms with van der Waals surface area (Å²) in [7, 11) is 0. The predicted octanol–water partition coefficient (Wildman–Crippen LogP) is 3.84. The first kappa shape index (κ1) is 18.8. The number of ketones is 1. The maximum Gasteiger partial charge on any atom is 0.307 e. The average Bonchev–Trinajstić information content (AvgIpc) is 2.94. The molecule has 1 aliphatic heterocycles. The van der Waals surface area contributed by atoms with Gasteiger partial charge >= 0.3 is 5.97 Å². The van der Waals surface area contributed by atoms with E-state index in [0.717, 1.165) is 16.8 Å². The van der Waals surface area contributed by atoms with Gasteiger partial charge in [-0.3, -0.25) is 14.4 Å². The zero-order valence-corrected chi connectivity index (χ0v) is 15.7. The maximum absolute atomic E-state index is 12.3. The smallest absolute Gasteiger partial charge is 0.307 e. The number of benzene rings is 2. The van der Waals surface area contributed by atoms with Crippen LogP contribution in [0.25, 0.3) is 0 Å². The molecule has 0 bridgehead atoms. The molecule has 2 aromatic rings. The van der Waals surface area contributed by atoms with Gasteiger partial charge in [0, 0.05) is 11.3 Å². The minimum Gasteiger partial charge on any atom is -0.457 e. The molecule has 5 nitrogen and oxygen atoms in total. The topological polar surface area (TPSA) is 72.5 Å². The summed E-state index contributed by atoms with van der Waals surface area (Å²) in [6.45, 7) is 5.97. The Labute approximate surface area is 158 Å². The lowest BCUT2D eigenvalue weighted by Crippen LogP contribution is -2.20. The molecule has 140 valence electrons. The highest BCUT2D eigenvalue weighted by atomic mass is 16.5. The number of esters is 1. The van der Waals surface area contributed by atoms with Gasteiger partial charge in [0.2, 0.25) is 5.91 Å². The summed E-state index contributed by atoms with van der Waals surface area (Å²) in [6.07, 6.45) is -0.0842. The summed E-state index contributed by atoms with van der Waals surface area (Å²) in [4.78, 5) is 36.4. The van der Waals surface area contributed by atoms with E-state index in [2.05, 4.69) is 26.1 Å². The minimum absolute atomic E-state index is 0.00614. The third-order valence-electron chi connectivity index (χ3n) is 4.72. The molecular weight excluding hydrogens is 342 g/mol. The van der Waals surface area contributed by atoms with Crippen molar-refractivity contribution < 1.29 is 19.1 Å². The number of carbonyl (C=O) groups is 3. The second kappa shape index (κ2) is 7.35. The Hall–Kier alpha value is -2.95. The Morgan fingerprint density at radius 3 is 2.37 bits per heavy atom. The second-order valence-electron chi connectivity index (χ2n) is 7.74. The normalized spacial score (nSPS) is 15.8. The van der Waals surface area contributed by atoms with Crippen molar-refractivity contribution in [1.82, 2.24) is 0 Å². The number of hydrogen-bond donors (Lipinski definition) is 1. The lowest BCUT2D eigenvalue weighted by Gasteiger charge is -2.19. The number of hydrogen-bond acceptors (Lipinski definition) is 4. The number of ether oxygens (including phenoxy) is 1. The number of carbonyl (C=O) groups excluding carboxylic acids is 3. The Morgan fingerprint density at radius 2 is 1.70 bits per heavy atom. The van der Waals surface area contributed by atoms with Crippen LogP contribution in [0.5, 0.6) is 0 Å². The average molecular weight is 365 g/mol. The van der Waals surface area contributed by atoms with Crippen LogP contribution in [0, 0.1) is 0 Å². The zero-order chi connectivity index (χ0) is 19.6. The van der Waals surface area contributed by atoms with E-state index < -0.39 is 11.9 Å². The fraction of sp³-hybridized carbons (Fsp3) is 0.318. The van der Waals surface area contributed by atoms with Gasteiger partial charge in [0.1, 0.15) is 0 Å². The maximum atomic E-state index is 12.3. The molecule has 5 heteroatoms. The van der Waals surface area contributed by atoms with Gasteiger partial charge in [-0.25, -0.2) is 0 Å². The van der Waals surface area contributed by atoms with Crippen LogP contribution in [0.1, 0.15) is 54.6 Å². The van der Waals surface area contributed by atoms with Crippen molar-refractivity contribution in [1.29, 1.82) is 0 Å². The van der Waals surface area contributed by atoms with Gasteiger partial charge < -0.3 is 10.1 Å². The van der Waals surface area contributed by atoms with Gasteiger partial charge in [0.25, 0.3) is 0 Å². The molecule has 0 spiro atoms. The van der Waals surface area contributed by atoms with Crippen molar-refractivity contribution in [2.45, 2.75) is 38.5 Å². The number of amides is 1. The third kappa shape index (κ3) is 4.25. The highest BCUT2D eigenvalue weighted by molar-refractivity contribution is 6.04. The van der Waals surface area contributed by atoms with Crippen molar-refractivity contribution in [3.8, 4) is 0 Å². The standard InChI is InChI=1S/C22H23NO4/c1-22(2,3)15-10-8-14(9-11-15)19(24)13-27-20(25)12-17-16-6-4-5-7-18(16)23-21(17)26/h4-11,17H,12-13H2,1-3H3,(H,23,26)/t17-/m0/s1. The van der Waals surface area contributed by atoms with Gasteiger partial charge in [-0.05, 0) is 22.6 Å². The number of nitrogens with one attached hydrogen (secondary N) is 1. The van der Waals surface area contributed by atoms with Crippen LogP contribution in [0.15, 0.2) is 48.5 Å². The number of para-hydroxylation sites is 1. The van der Waals surface area contributed by atoms with Gasteiger partial charge in [-0.15, -0.1) is 0 Å². The van der Waals surface area contributed by atoms with Gasteiger partial charge in [-0.1, -0.05) is 63.2 Å². The molecule has 0 aliphatic carbocycles. The minimum atomic E-state index is -0.574. The van der Waals surface area contributed by atoms with Crippen LogP contribution >= 0.6 is 0 Å². The number of anilines is 1. The molecule has 0 aromatic heterocycles. The fourth-order valence-corrected chi connectivity index (χ4v) is 3.09. The number of rotatable bonds is 5. The SMILES string of the molecule is CC(C)(C)c1ccc(C(=O)COC(=O)C[C@@H]2C(=O)Nc3ccccc32)cc1. The van der Waals surface area contributed by atoms with Crippen molar-refractivity contribution in [2.24, 2.45) is 0 Å². The third-order valence-corrected chi connectivity index (χ3v) is 4.72. The first-order chi connectivity index (χ1) is 12.8. The molecule has 1 N–H and O–H groups in total. The van der Waals surface area contributed by atoms with E-state index >= 15 is 0 Å². The Bertz CT molecular complexity index is 878. The van der Waals surface area contributed by atoms with Crippen LogP contribution in [0.3, 0.4) is 0 Å². The van der Waals surface area contributed by atoms with E-state index in [1.807, 2.05) is 30.3 Å². The fourth-order valence-electron chi connectivity index (χ4n) is 3.09. The molecule has 1 atom stereocenters. The van der Waals surface area contributed by atoms with Crippen LogP contribution in [0.2, 0.25) is 0 Å². The lowest BCUT2D eigenvalue weighted by molar-refractivity contribution is -0.144. The Morgan fingerprint density at radius 1 is 1.04 bits per heavy atom. The highest BCUT2D eigenvalue weighted by Gasteiger charge is 2.32. The van der Waals surface area contributed by atoms with E-state index in [1.165, 1.54) is 0 Å². The monoisotopic (exact) mass is 365 g/mol. The van der Waals surface area contributed by atoms with Crippen molar-refractivity contribution >= 4 is 23.3 Å². The van der Waals surface area contributed by atoms with Crippen LogP contribution in [-0.2, 0) is 19.7 Å². The van der Waals surface area contributed by atoms with E-state index in [9.17, 15) is 14.4 Å². The first-order valence-electron chi connectivity index (χ1n) is 8.95. The summed E-state index contributed by atoms with van der Waals surface area (Å²) in [5.41, 5.74) is 3.13. The molecule has 2 aromatic carbocycles. The second-order valence-corrected chi connectivity index (χ2v) is 7.74. The van der Waals surface area contributed by atoms with E-state index in [1.54, 1.807) is 18.2 Å². The Kier molecular flexibility index (Phi) is 5.13. The summed E-state index contributed by atoms with van der Waals surface area (Å²) in [5, 5.41) is 2.75. The largest absolute Gasteiger partial charge is 0.457 e. The quantitative estimate of drug-likeness (QED) is 0.645. The number of Topliss-reactive ketones (excluding diaryl/α,β-unsaturated/α-hetero) is 1. The molecular formula is C22H23NO4. The molecule has 1 aliphatic rings. The molecule has 0 radical (unpaired) electrons. The molecule has 1 amide bonds. The molecule has 3 rings (SSSR count). The molecule has 1 heterocycles. The molecule has 0 fully saturated rings. The first-order valence-corrected chi connectivity index (χ1v) is 8.95. The summed E-state index contributed by atoms with van der Waals surface area (Å²) < 4.78 is 5.11. The van der Waals surface area contributed by atoms with E-state index in [0.29, 0.717) is 5.56 Å². The predicted molar refractivity (Wildman–Crippen MR) is 103 cm³/mol.